The predicted octanol–water partition coefficient (Wildman–Crippen LogP) is 2.29. The van der Waals surface area contributed by atoms with Gasteiger partial charge >= 0.3 is 0 Å². The zero-order valence-electron chi connectivity index (χ0n) is 7.64. The fourth-order valence-electron chi connectivity index (χ4n) is 1.26. The molecule has 14 heavy (non-hydrogen) atoms. The van der Waals surface area contributed by atoms with Gasteiger partial charge in [0.05, 0.1) is 15.5 Å². The van der Waals surface area contributed by atoms with Crippen molar-refractivity contribution >= 4 is 27.3 Å². The van der Waals surface area contributed by atoms with Gasteiger partial charge in [0.1, 0.15) is 0 Å². The number of nitrogens with two attached hydrogens (primary N) is 1. The third kappa shape index (κ3) is 1.89. The Bertz CT molecular complexity index is 394. The third-order valence-electron chi connectivity index (χ3n) is 2.00. The third-order valence-corrected chi connectivity index (χ3v) is 3.52. The lowest BCUT2D eigenvalue weighted by Gasteiger charge is -2.05. The Morgan fingerprint density at radius 2 is 2.43 bits per heavy atom. The minimum atomic E-state index is -0.126. The molecule has 0 fully saturated rings. The number of hydrogen-bond donors (Lipinski definition) is 1. The van der Waals surface area contributed by atoms with Crippen molar-refractivity contribution in [3.05, 3.63) is 38.8 Å². The van der Waals surface area contributed by atoms with Crippen LogP contribution in [0.4, 0.5) is 0 Å². The molecule has 2 aromatic heterocycles. The van der Waals surface area contributed by atoms with E-state index in [4.69, 9.17) is 5.73 Å². The van der Waals surface area contributed by atoms with Gasteiger partial charge in [0, 0.05) is 13.2 Å². The molecule has 1 unspecified atom stereocenters. The van der Waals surface area contributed by atoms with Crippen molar-refractivity contribution in [3.8, 4) is 0 Å². The van der Waals surface area contributed by atoms with Crippen molar-refractivity contribution < 1.29 is 0 Å². The summed E-state index contributed by atoms with van der Waals surface area (Å²) < 4.78 is 2.86. The molecule has 0 saturated heterocycles. The predicted molar refractivity (Wildman–Crippen MR) is 61.3 cm³/mol. The van der Waals surface area contributed by atoms with Gasteiger partial charge < -0.3 is 5.73 Å². The zero-order chi connectivity index (χ0) is 10.1. The topological polar surface area (TPSA) is 43.8 Å². The van der Waals surface area contributed by atoms with Crippen molar-refractivity contribution in [1.82, 2.24) is 9.78 Å². The van der Waals surface area contributed by atoms with Gasteiger partial charge in [-0.1, -0.05) is 0 Å². The highest BCUT2D eigenvalue weighted by Gasteiger charge is 2.12. The van der Waals surface area contributed by atoms with Gasteiger partial charge in [-0.25, -0.2) is 0 Å². The molecule has 2 heterocycles. The van der Waals surface area contributed by atoms with Crippen LogP contribution >= 0.6 is 27.3 Å². The Hall–Kier alpha value is -0.650. The quantitative estimate of drug-likeness (QED) is 0.911. The van der Waals surface area contributed by atoms with Crippen molar-refractivity contribution in [3.63, 3.8) is 0 Å². The fraction of sp³-hybridized carbons (Fsp3) is 0.222. The Balaban J connectivity index is 2.28. The molecule has 0 amide bonds. The van der Waals surface area contributed by atoms with Crippen LogP contribution in [-0.2, 0) is 7.05 Å². The number of hydrogen-bond acceptors (Lipinski definition) is 3. The van der Waals surface area contributed by atoms with Gasteiger partial charge in [-0.3, -0.25) is 4.68 Å². The van der Waals surface area contributed by atoms with E-state index in [1.54, 1.807) is 16.0 Å². The summed E-state index contributed by atoms with van der Waals surface area (Å²) >= 11 is 5.05. The first-order chi connectivity index (χ1) is 6.66. The lowest BCUT2D eigenvalue weighted by Crippen LogP contribution is -2.11. The van der Waals surface area contributed by atoms with Crippen molar-refractivity contribution in [2.45, 2.75) is 6.04 Å². The minimum Gasteiger partial charge on any atom is -0.319 e. The van der Waals surface area contributed by atoms with Crippen LogP contribution in [0.3, 0.4) is 0 Å². The second kappa shape index (κ2) is 3.84. The van der Waals surface area contributed by atoms with Crippen LogP contribution in [0.2, 0.25) is 0 Å². The second-order valence-corrected chi connectivity index (χ2v) is 5.37. The van der Waals surface area contributed by atoms with Gasteiger partial charge in [0.15, 0.2) is 0 Å². The molecule has 2 N–H and O–H groups in total. The average molecular weight is 272 g/mol. The van der Waals surface area contributed by atoms with Crippen LogP contribution in [0.1, 0.15) is 17.3 Å². The van der Waals surface area contributed by atoms with Crippen LogP contribution in [0, 0.1) is 0 Å². The highest BCUT2D eigenvalue weighted by molar-refractivity contribution is 9.11. The van der Waals surface area contributed by atoms with E-state index in [0.717, 1.165) is 15.0 Å². The minimum absolute atomic E-state index is 0.126. The first-order valence-corrected chi connectivity index (χ1v) is 5.83. The first kappa shape index (κ1) is 9.89. The van der Waals surface area contributed by atoms with Crippen LogP contribution in [0.15, 0.2) is 27.5 Å². The van der Waals surface area contributed by atoms with Gasteiger partial charge in [0.2, 0.25) is 0 Å². The molecule has 0 aliphatic carbocycles. The molecule has 0 aliphatic heterocycles. The van der Waals surface area contributed by atoms with Crippen molar-refractivity contribution in [1.29, 1.82) is 0 Å². The van der Waals surface area contributed by atoms with Gasteiger partial charge in [0.25, 0.3) is 0 Å². The summed E-state index contributed by atoms with van der Waals surface area (Å²) in [4.78, 5) is 0. The highest BCUT2D eigenvalue weighted by Crippen LogP contribution is 2.26. The lowest BCUT2D eigenvalue weighted by atomic mass is 10.1. The Morgan fingerprint density at radius 1 is 1.64 bits per heavy atom. The van der Waals surface area contributed by atoms with Crippen LogP contribution < -0.4 is 5.73 Å². The SMILES string of the molecule is Cn1ccc(C(N)c2csc(Br)c2)n1. The molecule has 0 spiro atoms. The van der Waals surface area contributed by atoms with Crippen molar-refractivity contribution in [2.24, 2.45) is 12.8 Å². The highest BCUT2D eigenvalue weighted by atomic mass is 79.9. The molecule has 0 saturated carbocycles. The van der Waals surface area contributed by atoms with E-state index in [0.29, 0.717) is 0 Å². The van der Waals surface area contributed by atoms with E-state index in [1.165, 1.54) is 0 Å². The molecule has 2 rings (SSSR count). The van der Waals surface area contributed by atoms with E-state index < -0.39 is 0 Å². The number of rotatable bonds is 2. The molecule has 0 aliphatic rings. The van der Waals surface area contributed by atoms with Crippen molar-refractivity contribution in [2.75, 3.05) is 0 Å². The molecule has 0 aromatic carbocycles. The average Bonchev–Trinajstić information content (AvgIpc) is 2.73. The van der Waals surface area contributed by atoms with E-state index in [2.05, 4.69) is 21.0 Å². The monoisotopic (exact) mass is 271 g/mol. The molecular formula is C9H10BrN3S. The number of aryl methyl sites for hydroxylation is 1. The van der Waals surface area contributed by atoms with Gasteiger partial charge in [-0.2, -0.15) is 5.10 Å². The van der Waals surface area contributed by atoms with E-state index in [9.17, 15) is 0 Å². The molecule has 2 aromatic rings. The second-order valence-electron chi connectivity index (χ2n) is 3.08. The Morgan fingerprint density at radius 3 is 2.93 bits per heavy atom. The number of aromatic nitrogens is 2. The molecule has 74 valence electrons. The summed E-state index contributed by atoms with van der Waals surface area (Å²) in [5, 5.41) is 6.32. The molecule has 3 nitrogen and oxygen atoms in total. The van der Waals surface area contributed by atoms with E-state index >= 15 is 0 Å². The van der Waals surface area contributed by atoms with E-state index in [-0.39, 0.29) is 6.04 Å². The standard InChI is InChI=1S/C9H10BrN3S/c1-13-3-2-7(12-13)9(11)6-4-8(10)14-5-6/h2-5,9H,11H2,1H3. The number of nitrogens with zero attached hydrogens (tertiary/aromatic N) is 2. The van der Waals surface area contributed by atoms with Crippen LogP contribution in [-0.4, -0.2) is 9.78 Å². The smallest absolute Gasteiger partial charge is 0.0837 e. The zero-order valence-corrected chi connectivity index (χ0v) is 10.0. The molecule has 0 radical (unpaired) electrons. The maximum atomic E-state index is 6.05. The number of halogens is 1. The fourth-order valence-corrected chi connectivity index (χ4v) is 2.47. The van der Waals surface area contributed by atoms with Gasteiger partial charge in [-0.05, 0) is 39.0 Å². The maximum absolute atomic E-state index is 6.05. The van der Waals surface area contributed by atoms with E-state index in [1.807, 2.05) is 30.8 Å². The summed E-state index contributed by atoms with van der Waals surface area (Å²) in [6, 6.07) is 3.85. The molecule has 5 heteroatoms. The number of thiophene rings is 1. The molecule has 0 bridgehead atoms. The Kier molecular flexibility index (Phi) is 2.71. The largest absolute Gasteiger partial charge is 0.319 e. The van der Waals surface area contributed by atoms with Crippen LogP contribution in [0.25, 0.3) is 0 Å². The summed E-state index contributed by atoms with van der Waals surface area (Å²) in [5.74, 6) is 0. The summed E-state index contributed by atoms with van der Waals surface area (Å²) in [7, 11) is 1.89. The van der Waals surface area contributed by atoms with Crippen LogP contribution in [0.5, 0.6) is 0 Å². The molecule has 1 atom stereocenters. The summed E-state index contributed by atoms with van der Waals surface area (Å²) in [6.07, 6.45) is 1.90. The molecular weight excluding hydrogens is 262 g/mol. The van der Waals surface area contributed by atoms with Gasteiger partial charge in [-0.15, -0.1) is 11.3 Å². The summed E-state index contributed by atoms with van der Waals surface area (Å²) in [5.41, 5.74) is 8.05. The normalized spacial score (nSPS) is 13.1. The Labute approximate surface area is 94.7 Å². The lowest BCUT2D eigenvalue weighted by molar-refractivity contribution is 0.716. The first-order valence-electron chi connectivity index (χ1n) is 4.16. The summed E-state index contributed by atoms with van der Waals surface area (Å²) in [6.45, 7) is 0. The maximum Gasteiger partial charge on any atom is 0.0837 e.